The van der Waals surface area contributed by atoms with Crippen LogP contribution in [0.4, 0.5) is 0 Å². The average molecular weight is 512 g/mol. The Morgan fingerprint density at radius 3 is 2.47 bits per heavy atom. The lowest BCUT2D eigenvalue weighted by Gasteiger charge is -2.34. The number of carbonyl (C=O) groups excluding carboxylic acids is 2. The molecule has 0 saturated carbocycles. The fraction of sp³-hybridized carbons (Fsp3) is 0.517. The Labute approximate surface area is 220 Å². The van der Waals surface area contributed by atoms with Gasteiger partial charge in [-0.05, 0) is 50.3 Å². The molecule has 2 aromatic carbocycles. The molecule has 1 saturated heterocycles. The molecule has 3 rings (SSSR count). The van der Waals surface area contributed by atoms with Crippen LogP contribution in [0.1, 0.15) is 50.8 Å². The van der Waals surface area contributed by atoms with Crippen molar-refractivity contribution in [2.45, 2.75) is 76.9 Å². The number of hydrogen-bond acceptors (Lipinski definition) is 5. The van der Waals surface area contributed by atoms with Crippen LogP contribution >= 0.6 is 11.8 Å². The van der Waals surface area contributed by atoms with E-state index in [4.69, 9.17) is 0 Å². The van der Waals surface area contributed by atoms with Gasteiger partial charge in [0, 0.05) is 29.6 Å². The van der Waals surface area contributed by atoms with Gasteiger partial charge in [-0.2, -0.15) is 0 Å². The molecule has 7 heteroatoms. The van der Waals surface area contributed by atoms with Crippen LogP contribution in [0, 0.1) is 12.8 Å². The van der Waals surface area contributed by atoms with E-state index in [0.717, 1.165) is 23.1 Å². The standard InChI is InChI=1S/C29H41N3O3S/c1-6-20(2)27(34)31-24(16-22-13-8-7-9-14-22)25(33)18-32-19-36-29(4,5)26(32)28(35)30-17-23-15-11-10-12-21(23)3/h7-15,20,24-26,33H,6,16-19H2,1-5H3,(H,30,35)(H,31,34)/t20?,24?,25?,26-/m1/s1. The summed E-state index contributed by atoms with van der Waals surface area (Å²) >= 11 is 1.72. The minimum atomic E-state index is -0.820. The van der Waals surface area contributed by atoms with Gasteiger partial charge in [0.2, 0.25) is 11.8 Å². The molecule has 4 atom stereocenters. The van der Waals surface area contributed by atoms with Crippen molar-refractivity contribution in [3.05, 3.63) is 71.3 Å². The summed E-state index contributed by atoms with van der Waals surface area (Å²) in [7, 11) is 0. The van der Waals surface area contributed by atoms with E-state index >= 15 is 0 Å². The number of thioether (sulfide) groups is 1. The van der Waals surface area contributed by atoms with Gasteiger partial charge in [0.1, 0.15) is 6.04 Å². The average Bonchev–Trinajstić information content (AvgIpc) is 3.16. The first-order valence-corrected chi connectivity index (χ1v) is 13.8. The van der Waals surface area contributed by atoms with Gasteiger partial charge >= 0.3 is 0 Å². The number of amides is 2. The number of carbonyl (C=O) groups is 2. The first-order chi connectivity index (χ1) is 17.1. The van der Waals surface area contributed by atoms with Crippen molar-refractivity contribution in [2.24, 2.45) is 5.92 Å². The summed E-state index contributed by atoms with van der Waals surface area (Å²) in [6.45, 7) is 10.9. The van der Waals surface area contributed by atoms with E-state index in [-0.39, 0.29) is 28.5 Å². The molecule has 0 aromatic heterocycles. The molecule has 3 unspecified atom stereocenters. The van der Waals surface area contributed by atoms with Crippen LogP contribution in [-0.2, 0) is 22.6 Å². The topological polar surface area (TPSA) is 81.7 Å². The molecule has 36 heavy (non-hydrogen) atoms. The third kappa shape index (κ3) is 7.34. The predicted molar refractivity (Wildman–Crippen MR) is 148 cm³/mol. The lowest BCUT2D eigenvalue weighted by atomic mass is 9.97. The molecule has 2 amide bonds. The fourth-order valence-corrected chi connectivity index (χ4v) is 5.77. The Hall–Kier alpha value is -2.35. The lowest BCUT2D eigenvalue weighted by Crippen LogP contribution is -2.56. The number of benzene rings is 2. The zero-order valence-electron chi connectivity index (χ0n) is 22.2. The van der Waals surface area contributed by atoms with Crippen molar-refractivity contribution in [3.8, 4) is 0 Å². The van der Waals surface area contributed by atoms with Crippen molar-refractivity contribution in [3.63, 3.8) is 0 Å². The Morgan fingerprint density at radius 1 is 1.14 bits per heavy atom. The molecule has 2 aromatic rings. The summed E-state index contributed by atoms with van der Waals surface area (Å²) in [5.41, 5.74) is 3.29. The fourth-order valence-electron chi connectivity index (χ4n) is 4.60. The normalized spacial score (nSPS) is 19.9. The molecule has 0 bridgehead atoms. The highest BCUT2D eigenvalue weighted by atomic mass is 32.2. The molecule has 1 fully saturated rings. The second-order valence-corrected chi connectivity index (χ2v) is 12.0. The first-order valence-electron chi connectivity index (χ1n) is 12.8. The van der Waals surface area contributed by atoms with Crippen LogP contribution in [0.2, 0.25) is 0 Å². The first kappa shape index (κ1) is 28.2. The maximum atomic E-state index is 13.4. The van der Waals surface area contributed by atoms with E-state index in [1.807, 2.05) is 75.4 Å². The highest BCUT2D eigenvalue weighted by Crippen LogP contribution is 2.39. The van der Waals surface area contributed by atoms with E-state index in [1.54, 1.807) is 11.8 Å². The number of hydrogen-bond donors (Lipinski definition) is 3. The third-order valence-electron chi connectivity index (χ3n) is 7.16. The third-order valence-corrected chi connectivity index (χ3v) is 8.59. The number of rotatable bonds is 11. The van der Waals surface area contributed by atoms with Gasteiger partial charge < -0.3 is 15.7 Å². The molecular weight excluding hydrogens is 470 g/mol. The second-order valence-electron chi connectivity index (χ2n) is 10.4. The second kappa shape index (κ2) is 12.7. The summed E-state index contributed by atoms with van der Waals surface area (Å²) in [4.78, 5) is 28.2. The van der Waals surface area contributed by atoms with E-state index in [9.17, 15) is 14.7 Å². The summed E-state index contributed by atoms with van der Waals surface area (Å²) in [5, 5.41) is 17.6. The number of nitrogens with zero attached hydrogens (tertiary/aromatic N) is 1. The zero-order valence-corrected chi connectivity index (χ0v) is 23.0. The summed E-state index contributed by atoms with van der Waals surface area (Å²) in [6.07, 6.45) is 0.443. The molecule has 1 heterocycles. The zero-order chi connectivity index (χ0) is 26.3. The largest absolute Gasteiger partial charge is 0.390 e. The molecule has 3 N–H and O–H groups in total. The number of aryl methyl sites for hydroxylation is 1. The molecule has 0 spiro atoms. The summed E-state index contributed by atoms with van der Waals surface area (Å²) in [5.74, 6) is 0.422. The van der Waals surface area contributed by atoms with Gasteiger partial charge in [0.05, 0.1) is 12.1 Å². The predicted octanol–water partition coefficient (Wildman–Crippen LogP) is 3.90. The van der Waals surface area contributed by atoms with Crippen molar-refractivity contribution in [2.75, 3.05) is 12.4 Å². The van der Waals surface area contributed by atoms with E-state index in [1.165, 1.54) is 0 Å². The molecule has 0 aliphatic carbocycles. The van der Waals surface area contributed by atoms with Gasteiger partial charge in [-0.15, -0.1) is 11.8 Å². The van der Waals surface area contributed by atoms with Crippen molar-refractivity contribution >= 4 is 23.6 Å². The summed E-state index contributed by atoms with van der Waals surface area (Å²) < 4.78 is -0.301. The maximum Gasteiger partial charge on any atom is 0.239 e. The number of β-amino-alcohol motifs (C(OH)–C–C–N with tert-alkyl or cyclic N) is 1. The molecule has 1 aliphatic rings. The van der Waals surface area contributed by atoms with Gasteiger partial charge in [-0.3, -0.25) is 14.5 Å². The van der Waals surface area contributed by atoms with E-state index in [2.05, 4.69) is 29.4 Å². The van der Waals surface area contributed by atoms with Crippen molar-refractivity contribution < 1.29 is 14.7 Å². The van der Waals surface area contributed by atoms with Crippen LogP contribution < -0.4 is 10.6 Å². The Balaban J connectivity index is 1.72. The van der Waals surface area contributed by atoms with Crippen LogP contribution in [-0.4, -0.2) is 57.2 Å². The van der Waals surface area contributed by atoms with Gasteiger partial charge in [-0.25, -0.2) is 0 Å². The van der Waals surface area contributed by atoms with Gasteiger partial charge in [0.25, 0.3) is 0 Å². The maximum absolute atomic E-state index is 13.4. The highest BCUT2D eigenvalue weighted by Gasteiger charge is 2.46. The van der Waals surface area contributed by atoms with Gasteiger partial charge in [0.15, 0.2) is 0 Å². The molecule has 1 aliphatic heterocycles. The van der Waals surface area contributed by atoms with Gasteiger partial charge in [-0.1, -0.05) is 68.4 Å². The Morgan fingerprint density at radius 2 is 1.81 bits per heavy atom. The van der Waals surface area contributed by atoms with Crippen LogP contribution in [0.3, 0.4) is 0 Å². The minimum Gasteiger partial charge on any atom is -0.390 e. The van der Waals surface area contributed by atoms with Crippen molar-refractivity contribution in [1.29, 1.82) is 0 Å². The Kier molecular flexibility index (Phi) is 10.00. The number of aliphatic hydroxyl groups is 1. The number of nitrogens with one attached hydrogen (secondary N) is 2. The van der Waals surface area contributed by atoms with Crippen LogP contribution in [0.5, 0.6) is 0 Å². The van der Waals surface area contributed by atoms with Crippen LogP contribution in [0.15, 0.2) is 54.6 Å². The quantitative estimate of drug-likeness (QED) is 0.426. The summed E-state index contributed by atoms with van der Waals surface area (Å²) in [6, 6.07) is 17.1. The molecular formula is C29H41N3O3S. The van der Waals surface area contributed by atoms with E-state index < -0.39 is 12.1 Å². The molecule has 0 radical (unpaired) electrons. The van der Waals surface area contributed by atoms with Crippen LogP contribution in [0.25, 0.3) is 0 Å². The Bertz CT molecular complexity index is 1010. The highest BCUT2D eigenvalue weighted by molar-refractivity contribution is 8.00. The lowest BCUT2D eigenvalue weighted by molar-refractivity contribution is -0.129. The monoisotopic (exact) mass is 511 g/mol. The van der Waals surface area contributed by atoms with Crippen molar-refractivity contribution in [1.82, 2.24) is 15.5 Å². The van der Waals surface area contributed by atoms with E-state index in [0.29, 0.717) is 25.4 Å². The molecule has 6 nitrogen and oxygen atoms in total. The molecule has 196 valence electrons. The SMILES string of the molecule is CCC(C)C(=O)NC(Cc1ccccc1)C(O)CN1CSC(C)(C)[C@H]1C(=O)NCc1ccccc1C. The smallest absolute Gasteiger partial charge is 0.239 e. The number of aliphatic hydroxyl groups excluding tert-OH is 1. The minimum absolute atomic E-state index is 0.0382.